The molecule has 2 heterocycles. The van der Waals surface area contributed by atoms with Gasteiger partial charge in [-0.3, -0.25) is 4.79 Å². The van der Waals surface area contributed by atoms with E-state index in [1.54, 1.807) is 0 Å². The van der Waals surface area contributed by atoms with Gasteiger partial charge in [0.1, 0.15) is 11.2 Å². The Hall–Kier alpha value is -1.52. The molecule has 2 saturated carbocycles. The SMILES string of the molecule is Nc1cc([C@@]23C[C@@H]2COC3=O)nn1C1CC1. The van der Waals surface area contributed by atoms with Crippen LogP contribution in [0.5, 0.6) is 0 Å². The Morgan fingerprint density at radius 1 is 1.56 bits per heavy atom. The van der Waals surface area contributed by atoms with Crippen molar-refractivity contribution in [2.45, 2.75) is 30.7 Å². The molecule has 0 bridgehead atoms. The van der Waals surface area contributed by atoms with Crippen molar-refractivity contribution in [1.82, 2.24) is 9.78 Å². The lowest BCUT2D eigenvalue weighted by Crippen LogP contribution is -2.19. The number of aromatic nitrogens is 2. The first-order chi connectivity index (χ1) is 7.72. The molecule has 4 rings (SSSR count). The second kappa shape index (κ2) is 2.42. The van der Waals surface area contributed by atoms with Gasteiger partial charge in [0.25, 0.3) is 0 Å². The molecule has 0 radical (unpaired) electrons. The van der Waals surface area contributed by atoms with Crippen molar-refractivity contribution < 1.29 is 9.53 Å². The number of hydrogen-bond donors (Lipinski definition) is 1. The van der Waals surface area contributed by atoms with Crippen LogP contribution >= 0.6 is 0 Å². The number of nitrogens with two attached hydrogens (primary N) is 1. The summed E-state index contributed by atoms with van der Waals surface area (Å²) in [6.07, 6.45) is 3.17. The second-order valence-electron chi connectivity index (χ2n) is 5.10. The highest BCUT2D eigenvalue weighted by Gasteiger charge is 2.68. The molecule has 1 saturated heterocycles. The average molecular weight is 219 g/mol. The Labute approximate surface area is 92.6 Å². The van der Waals surface area contributed by atoms with E-state index in [0.717, 1.165) is 25.0 Å². The predicted octanol–water partition coefficient (Wildman–Crippen LogP) is 0.615. The molecule has 16 heavy (non-hydrogen) atoms. The van der Waals surface area contributed by atoms with E-state index in [0.29, 0.717) is 24.4 Å². The maximum Gasteiger partial charge on any atom is 0.318 e. The Morgan fingerprint density at radius 3 is 2.94 bits per heavy atom. The molecule has 1 aliphatic heterocycles. The van der Waals surface area contributed by atoms with Crippen LogP contribution < -0.4 is 5.73 Å². The second-order valence-corrected chi connectivity index (χ2v) is 5.10. The summed E-state index contributed by atoms with van der Waals surface area (Å²) in [5.74, 6) is 0.900. The number of carbonyl (C=O) groups excluding carboxylic acids is 1. The highest BCUT2D eigenvalue weighted by atomic mass is 16.5. The Balaban J connectivity index is 1.78. The zero-order chi connectivity index (χ0) is 10.9. The van der Waals surface area contributed by atoms with Gasteiger partial charge >= 0.3 is 5.97 Å². The molecule has 84 valence electrons. The maximum atomic E-state index is 11.7. The minimum Gasteiger partial charge on any atom is -0.465 e. The third-order valence-electron chi connectivity index (χ3n) is 4.00. The first kappa shape index (κ1) is 8.61. The zero-order valence-electron chi connectivity index (χ0n) is 8.85. The van der Waals surface area contributed by atoms with Crippen molar-refractivity contribution in [3.05, 3.63) is 11.8 Å². The molecule has 2 atom stereocenters. The van der Waals surface area contributed by atoms with Crippen LogP contribution in [-0.4, -0.2) is 22.4 Å². The summed E-state index contributed by atoms with van der Waals surface area (Å²) in [5.41, 5.74) is 6.31. The molecule has 5 nitrogen and oxygen atoms in total. The summed E-state index contributed by atoms with van der Waals surface area (Å²) in [4.78, 5) is 11.7. The minimum absolute atomic E-state index is 0.113. The number of hydrogen-bond acceptors (Lipinski definition) is 4. The van der Waals surface area contributed by atoms with Crippen LogP contribution in [0.25, 0.3) is 0 Å². The van der Waals surface area contributed by atoms with E-state index in [-0.39, 0.29) is 5.97 Å². The molecule has 2 N–H and O–H groups in total. The topological polar surface area (TPSA) is 70.1 Å². The average Bonchev–Trinajstić information content (AvgIpc) is 3.16. The van der Waals surface area contributed by atoms with Gasteiger partial charge in [-0.2, -0.15) is 5.10 Å². The summed E-state index contributed by atoms with van der Waals surface area (Å²) in [7, 11) is 0. The highest BCUT2D eigenvalue weighted by molar-refractivity contribution is 5.89. The van der Waals surface area contributed by atoms with Crippen molar-refractivity contribution in [3.8, 4) is 0 Å². The number of ether oxygens (including phenoxy) is 1. The van der Waals surface area contributed by atoms with Gasteiger partial charge in [0.2, 0.25) is 0 Å². The van der Waals surface area contributed by atoms with Gasteiger partial charge in [0.05, 0.1) is 18.3 Å². The molecule has 3 fully saturated rings. The number of nitrogen functional groups attached to an aromatic ring is 1. The molecular weight excluding hydrogens is 206 g/mol. The number of nitrogens with zero attached hydrogens (tertiary/aromatic N) is 2. The minimum atomic E-state index is -0.436. The summed E-state index contributed by atoms with van der Waals surface area (Å²) >= 11 is 0. The molecule has 0 amide bonds. The van der Waals surface area contributed by atoms with E-state index in [9.17, 15) is 4.79 Å². The van der Waals surface area contributed by atoms with Crippen LogP contribution in [0, 0.1) is 5.92 Å². The lowest BCUT2D eigenvalue weighted by molar-refractivity contribution is -0.142. The third-order valence-corrected chi connectivity index (χ3v) is 4.00. The van der Waals surface area contributed by atoms with Gasteiger partial charge in [-0.1, -0.05) is 0 Å². The monoisotopic (exact) mass is 219 g/mol. The lowest BCUT2D eigenvalue weighted by atomic mass is 10.0. The molecular formula is C11H13N3O2. The van der Waals surface area contributed by atoms with Crippen LogP contribution in [0.3, 0.4) is 0 Å². The quantitative estimate of drug-likeness (QED) is 0.740. The predicted molar refractivity (Wildman–Crippen MR) is 55.7 cm³/mol. The normalized spacial score (nSPS) is 36.0. The Kier molecular flexibility index (Phi) is 1.30. The molecule has 0 spiro atoms. The first-order valence-electron chi connectivity index (χ1n) is 5.74. The number of carbonyl (C=O) groups is 1. The summed E-state index contributed by atoms with van der Waals surface area (Å²) in [5, 5.41) is 4.51. The van der Waals surface area contributed by atoms with E-state index in [1.165, 1.54) is 0 Å². The molecule has 1 aromatic heterocycles. The van der Waals surface area contributed by atoms with Crippen LogP contribution in [0.15, 0.2) is 6.07 Å². The highest BCUT2D eigenvalue weighted by Crippen LogP contribution is 2.59. The van der Waals surface area contributed by atoms with E-state index in [4.69, 9.17) is 10.5 Å². The fourth-order valence-corrected chi connectivity index (χ4v) is 2.74. The Bertz CT molecular complexity index is 491. The smallest absolute Gasteiger partial charge is 0.318 e. The van der Waals surface area contributed by atoms with Gasteiger partial charge in [-0.25, -0.2) is 4.68 Å². The fraction of sp³-hybridized carbons (Fsp3) is 0.636. The van der Waals surface area contributed by atoms with Gasteiger partial charge in [0.15, 0.2) is 0 Å². The largest absolute Gasteiger partial charge is 0.465 e. The summed E-state index contributed by atoms with van der Waals surface area (Å²) in [6, 6.07) is 2.31. The van der Waals surface area contributed by atoms with Crippen LogP contribution in [-0.2, 0) is 14.9 Å². The van der Waals surface area contributed by atoms with Crippen LogP contribution in [0.1, 0.15) is 31.0 Å². The standard InChI is InChI=1S/C11H13N3O2/c12-9-3-8(13-14(9)7-1-2-7)11-4-6(11)5-16-10(11)15/h3,6-7H,1-2,4-5,12H2/t6-,11-/m1/s1. The molecule has 0 aromatic carbocycles. The molecule has 0 unspecified atom stereocenters. The number of anilines is 1. The summed E-state index contributed by atoms with van der Waals surface area (Å²) in [6.45, 7) is 0.551. The number of cyclic esters (lactones) is 1. The fourth-order valence-electron chi connectivity index (χ4n) is 2.74. The van der Waals surface area contributed by atoms with Gasteiger partial charge < -0.3 is 10.5 Å². The van der Waals surface area contributed by atoms with Gasteiger partial charge in [-0.15, -0.1) is 0 Å². The summed E-state index contributed by atoms with van der Waals surface area (Å²) < 4.78 is 6.94. The molecule has 3 aliphatic rings. The van der Waals surface area contributed by atoms with Crippen molar-refractivity contribution in [1.29, 1.82) is 0 Å². The van der Waals surface area contributed by atoms with E-state index < -0.39 is 5.41 Å². The number of fused-ring (bicyclic) bond motifs is 1. The third kappa shape index (κ3) is 0.870. The molecule has 5 heteroatoms. The van der Waals surface area contributed by atoms with Gasteiger partial charge in [-0.05, 0) is 19.3 Å². The van der Waals surface area contributed by atoms with Gasteiger partial charge in [0, 0.05) is 12.0 Å². The zero-order valence-corrected chi connectivity index (χ0v) is 8.85. The van der Waals surface area contributed by atoms with E-state index in [2.05, 4.69) is 5.10 Å². The van der Waals surface area contributed by atoms with Crippen LogP contribution in [0.4, 0.5) is 5.82 Å². The lowest BCUT2D eigenvalue weighted by Gasteiger charge is -2.04. The van der Waals surface area contributed by atoms with Crippen molar-refractivity contribution in [3.63, 3.8) is 0 Å². The first-order valence-corrected chi connectivity index (χ1v) is 5.74. The molecule has 1 aromatic rings. The van der Waals surface area contributed by atoms with E-state index >= 15 is 0 Å². The number of esters is 1. The maximum absolute atomic E-state index is 11.7. The van der Waals surface area contributed by atoms with Crippen LogP contribution in [0.2, 0.25) is 0 Å². The number of rotatable bonds is 2. The van der Waals surface area contributed by atoms with E-state index in [1.807, 2.05) is 10.7 Å². The van der Waals surface area contributed by atoms with Crippen molar-refractivity contribution >= 4 is 11.8 Å². The van der Waals surface area contributed by atoms with Crippen molar-refractivity contribution in [2.24, 2.45) is 5.92 Å². The van der Waals surface area contributed by atoms with Crippen molar-refractivity contribution in [2.75, 3.05) is 12.3 Å². The molecule has 2 aliphatic carbocycles. The Morgan fingerprint density at radius 2 is 2.38 bits per heavy atom.